The van der Waals surface area contributed by atoms with Gasteiger partial charge in [-0.1, -0.05) is 11.6 Å². The largest absolute Gasteiger partial charge is 0.444 e. The number of hydrogen-bond donors (Lipinski definition) is 1. The van der Waals surface area contributed by atoms with E-state index in [0.29, 0.717) is 22.7 Å². The van der Waals surface area contributed by atoms with Crippen LogP contribution >= 0.6 is 34.2 Å². The van der Waals surface area contributed by atoms with Gasteiger partial charge in [-0.3, -0.25) is 10.1 Å². The van der Waals surface area contributed by atoms with Crippen LogP contribution in [-0.2, 0) is 14.3 Å². The van der Waals surface area contributed by atoms with Crippen molar-refractivity contribution in [1.82, 2.24) is 0 Å². The molecule has 1 fully saturated rings. The van der Waals surface area contributed by atoms with Crippen molar-refractivity contribution in [3.8, 4) is 0 Å². The minimum Gasteiger partial charge on any atom is -0.444 e. The van der Waals surface area contributed by atoms with Crippen LogP contribution in [0.3, 0.4) is 0 Å². The number of anilines is 1. The lowest BCUT2D eigenvalue weighted by atomic mass is 9.82. The Morgan fingerprint density at radius 3 is 2.43 bits per heavy atom. The van der Waals surface area contributed by atoms with E-state index in [0.717, 1.165) is 9.13 Å². The van der Waals surface area contributed by atoms with Crippen LogP contribution in [0.15, 0.2) is 17.7 Å². The molecule has 7 heteroatoms. The Labute approximate surface area is 185 Å². The third-order valence-corrected chi connectivity index (χ3v) is 5.34. The maximum Gasteiger partial charge on any atom is 0.412 e. The predicted octanol–water partition coefficient (Wildman–Crippen LogP) is 6.22. The molecule has 0 aromatic heterocycles. The van der Waals surface area contributed by atoms with Gasteiger partial charge in [0.15, 0.2) is 5.78 Å². The van der Waals surface area contributed by atoms with Crippen molar-refractivity contribution < 1.29 is 19.1 Å². The van der Waals surface area contributed by atoms with Gasteiger partial charge in [-0.2, -0.15) is 0 Å². The first-order valence-corrected chi connectivity index (χ1v) is 10.5. The Balaban J connectivity index is 2.40. The van der Waals surface area contributed by atoms with E-state index in [4.69, 9.17) is 21.1 Å². The van der Waals surface area contributed by atoms with E-state index in [9.17, 15) is 9.59 Å². The van der Waals surface area contributed by atoms with Crippen LogP contribution in [0.4, 0.5) is 10.5 Å². The molecule has 5 nitrogen and oxygen atoms in total. The van der Waals surface area contributed by atoms with E-state index < -0.39 is 22.9 Å². The molecule has 0 aliphatic carbocycles. The molecule has 1 saturated heterocycles. The molecule has 0 unspecified atom stereocenters. The number of Topliss-reactive ketones (excluding diaryl/α,β-unsaturated/α-hetero) is 1. The number of nitrogens with one attached hydrogen (secondary N) is 1. The number of ketones is 1. The summed E-state index contributed by atoms with van der Waals surface area (Å²) < 4.78 is 12.3. The minimum atomic E-state index is -0.722. The average Bonchev–Trinajstić information content (AvgIpc) is 2.43. The topological polar surface area (TPSA) is 64.6 Å². The maximum absolute atomic E-state index is 12.8. The van der Waals surface area contributed by atoms with Crippen LogP contribution in [0.1, 0.15) is 60.5 Å². The quantitative estimate of drug-likeness (QED) is 0.372. The van der Waals surface area contributed by atoms with Crippen molar-refractivity contribution in [1.29, 1.82) is 0 Å². The number of carbonyl (C=O) groups is 2. The molecule has 28 heavy (non-hydrogen) atoms. The molecule has 154 valence electrons. The fraction of sp³-hybridized carbons (Fsp3) is 0.524. The molecule has 1 amide bonds. The average molecular weight is 520 g/mol. The lowest BCUT2D eigenvalue weighted by Crippen LogP contribution is -2.47. The summed E-state index contributed by atoms with van der Waals surface area (Å²) in [6, 6.07) is 3.48. The normalized spacial score (nSPS) is 20.2. The summed E-state index contributed by atoms with van der Waals surface area (Å²) in [4.78, 5) is 24.9. The van der Waals surface area contributed by atoms with Gasteiger partial charge in [-0.25, -0.2) is 4.79 Å². The number of hydrogen-bond acceptors (Lipinski definition) is 4. The molecule has 0 saturated carbocycles. The van der Waals surface area contributed by atoms with Crippen LogP contribution in [-0.4, -0.2) is 28.7 Å². The van der Waals surface area contributed by atoms with E-state index >= 15 is 0 Å². The highest BCUT2D eigenvalue weighted by molar-refractivity contribution is 14.1. The zero-order valence-corrected chi connectivity index (χ0v) is 20.2. The number of carbonyl (C=O) groups excluding carboxylic acids is 2. The van der Waals surface area contributed by atoms with Crippen molar-refractivity contribution in [2.24, 2.45) is 0 Å². The first kappa shape index (κ1) is 23.2. The molecule has 1 N–H and O–H groups in total. The first-order chi connectivity index (χ1) is 12.6. The van der Waals surface area contributed by atoms with E-state index in [1.165, 1.54) is 0 Å². The Kier molecular flexibility index (Phi) is 6.58. The van der Waals surface area contributed by atoms with Crippen molar-refractivity contribution >= 4 is 57.8 Å². The Bertz CT molecular complexity index is 838. The van der Waals surface area contributed by atoms with Crippen molar-refractivity contribution in [2.45, 2.75) is 71.7 Å². The minimum absolute atomic E-state index is 0.0497. The molecular formula is C21H27ClINO4. The second kappa shape index (κ2) is 7.95. The van der Waals surface area contributed by atoms with E-state index in [1.54, 1.807) is 32.9 Å². The highest BCUT2D eigenvalue weighted by Gasteiger charge is 2.42. The number of amides is 1. The predicted molar refractivity (Wildman–Crippen MR) is 121 cm³/mol. The highest BCUT2D eigenvalue weighted by atomic mass is 127. The summed E-state index contributed by atoms with van der Waals surface area (Å²) in [7, 11) is 0. The van der Waals surface area contributed by atoms with Gasteiger partial charge >= 0.3 is 6.09 Å². The molecular weight excluding hydrogens is 493 g/mol. The van der Waals surface area contributed by atoms with Crippen molar-refractivity contribution in [2.75, 3.05) is 5.32 Å². The summed E-state index contributed by atoms with van der Waals surface area (Å²) >= 11 is 8.45. The summed E-state index contributed by atoms with van der Waals surface area (Å²) in [6.07, 6.45) is 1.54. The molecule has 2 rings (SSSR count). The number of halogens is 2. The standard InChI is InChI=1S/C21H27ClINO4/c1-19(2,3)27-18(26)24-16-9-12(15(23)10-14(16)22)8-13-17(25)11-20(4,5)28-21(13,6)7/h8-10H,11H2,1-7H3,(H,24,26)/b13-8-. The van der Waals surface area contributed by atoms with Crippen molar-refractivity contribution in [3.63, 3.8) is 0 Å². The van der Waals surface area contributed by atoms with Crippen LogP contribution < -0.4 is 5.32 Å². The molecule has 0 bridgehead atoms. The second-order valence-electron chi connectivity index (χ2n) is 9.01. The second-order valence-corrected chi connectivity index (χ2v) is 10.6. The number of benzene rings is 1. The third-order valence-electron chi connectivity index (χ3n) is 4.09. The molecule has 1 aromatic rings. The molecule has 0 atom stereocenters. The molecule has 1 aliphatic rings. The number of rotatable bonds is 2. The zero-order chi connectivity index (χ0) is 21.5. The third kappa shape index (κ3) is 5.94. The summed E-state index contributed by atoms with van der Waals surface area (Å²) in [5.74, 6) is 0.0497. The Hall–Kier alpha value is -1.12. The molecule has 1 aromatic carbocycles. The lowest BCUT2D eigenvalue weighted by Gasteiger charge is -2.42. The highest BCUT2D eigenvalue weighted by Crippen LogP contribution is 2.38. The van der Waals surface area contributed by atoms with Gasteiger partial charge in [-0.15, -0.1) is 0 Å². The van der Waals surface area contributed by atoms with Gasteiger partial charge in [0.25, 0.3) is 0 Å². The molecule has 0 spiro atoms. The van der Waals surface area contributed by atoms with E-state index in [-0.39, 0.29) is 5.78 Å². The van der Waals surface area contributed by atoms with Crippen LogP contribution in [0.2, 0.25) is 5.02 Å². The summed E-state index contributed by atoms with van der Waals surface area (Å²) in [5, 5.41) is 3.07. The molecule has 1 heterocycles. The fourth-order valence-electron chi connectivity index (χ4n) is 3.19. The van der Waals surface area contributed by atoms with Crippen LogP contribution in [0.5, 0.6) is 0 Å². The Morgan fingerprint density at radius 2 is 1.89 bits per heavy atom. The zero-order valence-electron chi connectivity index (χ0n) is 17.3. The lowest BCUT2D eigenvalue weighted by molar-refractivity contribution is -0.150. The maximum atomic E-state index is 12.8. The molecule has 0 radical (unpaired) electrons. The fourth-order valence-corrected chi connectivity index (χ4v) is 4.21. The van der Waals surface area contributed by atoms with Crippen LogP contribution in [0, 0.1) is 3.57 Å². The van der Waals surface area contributed by atoms with Gasteiger partial charge in [0.2, 0.25) is 0 Å². The SMILES string of the molecule is CC(C)(C)OC(=O)Nc1cc(/C=C2/C(=O)CC(C)(C)OC2(C)C)c(I)cc1Cl. The summed E-state index contributed by atoms with van der Waals surface area (Å²) in [6.45, 7) is 13.0. The van der Waals surface area contributed by atoms with Gasteiger partial charge < -0.3 is 9.47 Å². The van der Waals surface area contributed by atoms with Gasteiger partial charge in [0.1, 0.15) is 5.60 Å². The van der Waals surface area contributed by atoms with Crippen molar-refractivity contribution in [3.05, 3.63) is 31.9 Å². The van der Waals surface area contributed by atoms with E-state index in [1.807, 2.05) is 33.8 Å². The monoisotopic (exact) mass is 519 g/mol. The molecule has 1 aliphatic heterocycles. The first-order valence-electron chi connectivity index (χ1n) is 9.04. The smallest absolute Gasteiger partial charge is 0.412 e. The van der Waals surface area contributed by atoms with Gasteiger partial charge in [-0.05, 0) is 94.8 Å². The number of ether oxygens (including phenoxy) is 2. The summed E-state index contributed by atoms with van der Waals surface area (Å²) in [5.41, 5.74) is -0.0567. The van der Waals surface area contributed by atoms with Crippen LogP contribution in [0.25, 0.3) is 6.08 Å². The van der Waals surface area contributed by atoms with E-state index in [2.05, 4.69) is 27.9 Å². The van der Waals surface area contributed by atoms with Gasteiger partial charge in [0.05, 0.1) is 21.9 Å². The van der Waals surface area contributed by atoms with Gasteiger partial charge in [0, 0.05) is 15.6 Å². The Morgan fingerprint density at radius 1 is 1.29 bits per heavy atom.